The summed E-state index contributed by atoms with van der Waals surface area (Å²) in [5, 5.41) is 7.00. The summed E-state index contributed by atoms with van der Waals surface area (Å²) in [5.74, 6) is -2.15. The van der Waals surface area contributed by atoms with Crippen LogP contribution in [0.25, 0.3) is 16.9 Å². The van der Waals surface area contributed by atoms with Crippen molar-refractivity contribution in [3.63, 3.8) is 0 Å². The first-order valence-corrected chi connectivity index (χ1v) is 9.72. The van der Waals surface area contributed by atoms with Crippen molar-refractivity contribution in [1.29, 1.82) is 0 Å². The number of rotatable bonds is 3. The van der Waals surface area contributed by atoms with Gasteiger partial charge in [0.15, 0.2) is 5.69 Å². The van der Waals surface area contributed by atoms with Crippen LogP contribution in [0, 0.1) is 11.6 Å². The number of nitrogens with one attached hydrogen (secondary N) is 1. The van der Waals surface area contributed by atoms with Crippen LogP contribution < -0.4 is 5.32 Å². The first-order valence-electron chi connectivity index (χ1n) is 9.72. The van der Waals surface area contributed by atoms with Crippen molar-refractivity contribution >= 4 is 11.8 Å². The molecule has 5 rings (SSSR count). The maximum absolute atomic E-state index is 14.4. The Hall–Kier alpha value is -3.66. The van der Waals surface area contributed by atoms with Gasteiger partial charge in [0.2, 0.25) is 0 Å². The maximum Gasteiger partial charge on any atom is 0.274 e. The summed E-state index contributed by atoms with van der Waals surface area (Å²) in [6.45, 7) is 1.99. The van der Waals surface area contributed by atoms with Gasteiger partial charge in [-0.15, -0.1) is 0 Å². The zero-order chi connectivity index (χ0) is 21.5. The Kier molecular flexibility index (Phi) is 4.70. The highest BCUT2D eigenvalue weighted by atomic mass is 19.1. The second-order valence-corrected chi connectivity index (χ2v) is 7.18. The summed E-state index contributed by atoms with van der Waals surface area (Å²) < 4.78 is 35.4. The third-order valence-electron chi connectivity index (χ3n) is 5.29. The number of benzene rings is 1. The summed E-state index contributed by atoms with van der Waals surface area (Å²) in [5.41, 5.74) is 0.855. The SMILES string of the molecule is O=C1NCc2nc(-c3c(F)cccc3F)cc(-n3ccc(C(=O)N4CCOCC4)n3)c21. The molecule has 31 heavy (non-hydrogen) atoms. The zero-order valence-electron chi connectivity index (χ0n) is 16.3. The zero-order valence-corrected chi connectivity index (χ0v) is 16.3. The molecule has 1 N–H and O–H groups in total. The fourth-order valence-corrected chi connectivity index (χ4v) is 3.76. The van der Waals surface area contributed by atoms with E-state index in [-0.39, 0.29) is 40.9 Å². The molecule has 2 amide bonds. The van der Waals surface area contributed by atoms with Crippen molar-refractivity contribution in [3.8, 4) is 16.9 Å². The topological polar surface area (TPSA) is 89.4 Å². The second-order valence-electron chi connectivity index (χ2n) is 7.18. The van der Waals surface area contributed by atoms with Crippen LogP contribution in [0.3, 0.4) is 0 Å². The molecule has 0 unspecified atom stereocenters. The molecule has 1 aromatic carbocycles. The van der Waals surface area contributed by atoms with Crippen molar-refractivity contribution in [1.82, 2.24) is 25.0 Å². The lowest BCUT2D eigenvalue weighted by Crippen LogP contribution is -2.40. The van der Waals surface area contributed by atoms with E-state index in [1.807, 2.05) is 0 Å². The monoisotopic (exact) mass is 425 g/mol. The summed E-state index contributed by atoms with van der Waals surface area (Å²) in [7, 11) is 0. The number of amides is 2. The first-order chi connectivity index (χ1) is 15.0. The Bertz CT molecular complexity index is 1180. The lowest BCUT2D eigenvalue weighted by atomic mass is 10.1. The molecule has 0 radical (unpaired) electrons. The standard InChI is InChI=1S/C21H17F2N5O3/c22-12-2-1-3-13(23)18(12)15-10-17(19-16(25-15)11-24-20(19)29)28-5-4-14(26-28)21(30)27-6-8-31-9-7-27/h1-5,10H,6-9,11H2,(H,24,29). The Labute approximate surface area is 175 Å². The largest absolute Gasteiger partial charge is 0.378 e. The number of hydrogen-bond acceptors (Lipinski definition) is 5. The summed E-state index contributed by atoms with van der Waals surface area (Å²) in [4.78, 5) is 31.1. The van der Waals surface area contributed by atoms with Gasteiger partial charge >= 0.3 is 0 Å². The van der Waals surface area contributed by atoms with Crippen LogP contribution in [-0.4, -0.2) is 57.8 Å². The lowest BCUT2D eigenvalue weighted by Gasteiger charge is -2.25. The fourth-order valence-electron chi connectivity index (χ4n) is 3.76. The van der Waals surface area contributed by atoms with Gasteiger partial charge < -0.3 is 15.0 Å². The van der Waals surface area contributed by atoms with Crippen LogP contribution in [0.15, 0.2) is 36.5 Å². The molecule has 0 spiro atoms. The molecule has 0 saturated carbocycles. The van der Waals surface area contributed by atoms with Crippen molar-refractivity contribution in [2.75, 3.05) is 26.3 Å². The molecule has 4 heterocycles. The molecule has 0 bridgehead atoms. The Morgan fingerprint density at radius 3 is 2.58 bits per heavy atom. The number of carbonyl (C=O) groups excluding carboxylic acids is 2. The average molecular weight is 425 g/mol. The van der Waals surface area contributed by atoms with E-state index in [2.05, 4.69) is 15.4 Å². The highest BCUT2D eigenvalue weighted by molar-refractivity contribution is 6.01. The van der Waals surface area contributed by atoms with Crippen molar-refractivity contribution < 1.29 is 23.1 Å². The molecule has 1 fully saturated rings. The minimum absolute atomic E-state index is 0.0393. The van der Waals surface area contributed by atoms with Gasteiger partial charge in [0.05, 0.1) is 48.0 Å². The number of aromatic nitrogens is 3. The molecule has 2 aliphatic heterocycles. The van der Waals surface area contributed by atoms with Crippen LogP contribution in [0.2, 0.25) is 0 Å². The maximum atomic E-state index is 14.4. The van der Waals surface area contributed by atoms with E-state index in [0.717, 1.165) is 12.1 Å². The van der Waals surface area contributed by atoms with Crippen LogP contribution >= 0.6 is 0 Å². The van der Waals surface area contributed by atoms with E-state index >= 15 is 0 Å². The second kappa shape index (κ2) is 7.55. The predicted molar refractivity (Wildman–Crippen MR) is 105 cm³/mol. The number of morpholine rings is 1. The lowest BCUT2D eigenvalue weighted by molar-refractivity contribution is 0.0298. The number of ether oxygens (including phenoxy) is 1. The third-order valence-corrected chi connectivity index (χ3v) is 5.29. The fraction of sp³-hybridized carbons (Fsp3) is 0.238. The molecule has 0 atom stereocenters. The first kappa shape index (κ1) is 19.3. The van der Waals surface area contributed by atoms with Crippen LogP contribution in [-0.2, 0) is 11.3 Å². The minimum atomic E-state index is -0.765. The smallest absolute Gasteiger partial charge is 0.274 e. The number of fused-ring (bicyclic) bond motifs is 1. The van der Waals surface area contributed by atoms with Gasteiger partial charge in [-0.2, -0.15) is 5.10 Å². The Morgan fingerprint density at radius 2 is 1.84 bits per heavy atom. The number of carbonyl (C=O) groups is 2. The third kappa shape index (κ3) is 3.34. The number of nitrogens with zero attached hydrogens (tertiary/aromatic N) is 4. The van der Waals surface area contributed by atoms with E-state index in [1.54, 1.807) is 11.0 Å². The van der Waals surface area contributed by atoms with Gasteiger partial charge in [-0.25, -0.2) is 18.4 Å². The molecule has 10 heteroatoms. The molecule has 1 saturated heterocycles. The Balaban J connectivity index is 1.59. The highest BCUT2D eigenvalue weighted by Crippen LogP contribution is 2.30. The van der Waals surface area contributed by atoms with Crippen molar-refractivity contribution in [2.45, 2.75) is 6.54 Å². The summed E-state index contributed by atoms with van der Waals surface area (Å²) in [6.07, 6.45) is 1.54. The van der Waals surface area contributed by atoms with E-state index < -0.39 is 11.6 Å². The number of halogens is 2. The highest BCUT2D eigenvalue weighted by Gasteiger charge is 2.29. The molecular formula is C21H17F2N5O3. The Morgan fingerprint density at radius 1 is 1.10 bits per heavy atom. The van der Waals surface area contributed by atoms with Crippen LogP contribution in [0.5, 0.6) is 0 Å². The molecule has 0 aliphatic carbocycles. The van der Waals surface area contributed by atoms with E-state index in [4.69, 9.17) is 4.74 Å². The van der Waals surface area contributed by atoms with Gasteiger partial charge in [-0.05, 0) is 24.3 Å². The van der Waals surface area contributed by atoms with Crippen LogP contribution in [0.4, 0.5) is 8.78 Å². The van der Waals surface area contributed by atoms with Crippen molar-refractivity contribution in [2.24, 2.45) is 0 Å². The molecule has 8 nitrogen and oxygen atoms in total. The van der Waals surface area contributed by atoms with E-state index in [1.165, 1.54) is 23.0 Å². The van der Waals surface area contributed by atoms with Gasteiger partial charge in [0.1, 0.15) is 11.6 Å². The average Bonchev–Trinajstić information content (AvgIpc) is 3.41. The summed E-state index contributed by atoms with van der Waals surface area (Å²) >= 11 is 0. The van der Waals surface area contributed by atoms with Gasteiger partial charge in [-0.1, -0.05) is 6.07 Å². The molecule has 3 aromatic rings. The number of hydrogen-bond donors (Lipinski definition) is 1. The predicted octanol–water partition coefficient (Wildman–Crippen LogP) is 1.93. The van der Waals surface area contributed by atoms with E-state index in [0.29, 0.717) is 37.7 Å². The molecule has 158 valence electrons. The number of pyridine rings is 1. The normalized spacial score (nSPS) is 15.7. The van der Waals surface area contributed by atoms with E-state index in [9.17, 15) is 18.4 Å². The van der Waals surface area contributed by atoms with Gasteiger partial charge in [-0.3, -0.25) is 9.59 Å². The van der Waals surface area contributed by atoms with Gasteiger partial charge in [0.25, 0.3) is 11.8 Å². The quantitative estimate of drug-likeness (QED) is 0.693. The minimum Gasteiger partial charge on any atom is -0.378 e. The molecule has 2 aromatic heterocycles. The van der Waals surface area contributed by atoms with Crippen LogP contribution in [0.1, 0.15) is 26.5 Å². The van der Waals surface area contributed by atoms with Crippen molar-refractivity contribution in [3.05, 3.63) is 65.1 Å². The molecule has 2 aliphatic rings. The van der Waals surface area contributed by atoms with Gasteiger partial charge in [0, 0.05) is 19.3 Å². The summed E-state index contributed by atoms with van der Waals surface area (Å²) in [6, 6.07) is 6.50. The molecular weight excluding hydrogens is 408 g/mol.